The summed E-state index contributed by atoms with van der Waals surface area (Å²) in [6, 6.07) is 15.6. The molecule has 0 saturated carbocycles. The van der Waals surface area contributed by atoms with E-state index in [2.05, 4.69) is 0 Å². The number of halogens is 7. The molecule has 0 radical (unpaired) electrons. The largest absolute Gasteiger partial charge is 0.487 e. The first-order chi connectivity index (χ1) is 21.1. The number of anilines is 1. The molecule has 3 aromatic carbocycles. The minimum Gasteiger partial charge on any atom is -0.487 e. The minimum absolute atomic E-state index is 0.0959. The van der Waals surface area contributed by atoms with Gasteiger partial charge in [0.25, 0.3) is 29.1 Å². The molecular formula is C28H34F7N3O8. The molecule has 0 amide bonds. The fraction of sp³-hybridized carbons (Fsp3) is 0.357. The van der Waals surface area contributed by atoms with Crippen molar-refractivity contribution in [3.63, 3.8) is 0 Å². The normalized spacial score (nSPS) is 10.5. The van der Waals surface area contributed by atoms with Crippen molar-refractivity contribution in [2.75, 3.05) is 32.7 Å². The summed E-state index contributed by atoms with van der Waals surface area (Å²) in [7, 11) is 1.00. The molecule has 0 spiro atoms. The van der Waals surface area contributed by atoms with Crippen LogP contribution in [-0.2, 0) is 0 Å². The number of nitrogens with zero attached hydrogens (tertiary/aromatic N) is 2. The van der Waals surface area contributed by atoms with Gasteiger partial charge in [-0.05, 0) is 48.5 Å². The molecule has 4 N–H and O–H groups in total. The molecule has 0 atom stereocenters. The molecule has 258 valence electrons. The van der Waals surface area contributed by atoms with Crippen molar-refractivity contribution in [2.45, 2.75) is 38.5 Å². The molecule has 0 aliphatic heterocycles. The summed E-state index contributed by atoms with van der Waals surface area (Å²) in [5, 5.41) is 34.9. The van der Waals surface area contributed by atoms with Gasteiger partial charge in [-0.3, -0.25) is 20.2 Å². The number of nitrogens with two attached hydrogens (primary N) is 1. The molecule has 0 fully saturated rings. The van der Waals surface area contributed by atoms with Gasteiger partial charge in [-0.1, -0.05) is 0 Å². The smallest absolute Gasteiger partial charge is 0.278 e. The Hall–Kier alpha value is -4.71. The van der Waals surface area contributed by atoms with Crippen LogP contribution in [0.15, 0.2) is 72.8 Å². The number of hydrogen-bond donors (Lipinski definition) is 3. The summed E-state index contributed by atoms with van der Waals surface area (Å²) >= 11 is 0. The predicted octanol–water partition coefficient (Wildman–Crippen LogP) is 6.91. The van der Waals surface area contributed by atoms with E-state index in [1.54, 1.807) is 24.3 Å². The Morgan fingerprint density at radius 1 is 0.652 bits per heavy atom. The van der Waals surface area contributed by atoms with Gasteiger partial charge in [0, 0.05) is 57.8 Å². The number of hydrogen-bond acceptors (Lipinski definition) is 9. The lowest BCUT2D eigenvalue weighted by atomic mass is 10.3. The number of aliphatic hydroxyl groups excluding tert-OH is 2. The summed E-state index contributed by atoms with van der Waals surface area (Å²) in [6.07, 6.45) is 0. The van der Waals surface area contributed by atoms with Crippen LogP contribution in [0.3, 0.4) is 0 Å². The molecule has 18 heteroatoms. The van der Waals surface area contributed by atoms with Crippen molar-refractivity contribution in [3.05, 3.63) is 98.8 Å². The SMILES string of the molecule is CC(F)(F)CO.CC(F)(F)COc1ccc(N)cc1.CC(F)(F)COc1ccc([N+](=O)[O-])cc1.CO.O=[N+]([O-])c1ccc(F)cc1. The number of non-ortho nitro benzene ring substituents is 2. The number of alkyl halides is 6. The minimum atomic E-state index is -2.91. The number of rotatable bonds is 9. The topological polar surface area (TPSA) is 171 Å². The summed E-state index contributed by atoms with van der Waals surface area (Å²) < 4.78 is 93.5. The first-order valence-electron chi connectivity index (χ1n) is 12.6. The molecule has 46 heavy (non-hydrogen) atoms. The van der Waals surface area contributed by atoms with Crippen LogP contribution in [0.1, 0.15) is 20.8 Å². The van der Waals surface area contributed by atoms with Crippen LogP contribution in [-0.4, -0.2) is 64.8 Å². The predicted molar refractivity (Wildman–Crippen MR) is 155 cm³/mol. The van der Waals surface area contributed by atoms with Crippen molar-refractivity contribution in [1.29, 1.82) is 0 Å². The second-order valence-corrected chi connectivity index (χ2v) is 9.00. The fourth-order valence-electron chi connectivity index (χ4n) is 2.21. The highest BCUT2D eigenvalue weighted by atomic mass is 19.3. The van der Waals surface area contributed by atoms with Crippen LogP contribution in [0.2, 0.25) is 0 Å². The van der Waals surface area contributed by atoms with E-state index in [-0.39, 0.29) is 17.1 Å². The summed E-state index contributed by atoms with van der Waals surface area (Å²) in [4.78, 5) is 19.1. The maximum absolute atomic E-state index is 12.4. The Morgan fingerprint density at radius 2 is 0.935 bits per heavy atom. The highest BCUT2D eigenvalue weighted by Crippen LogP contribution is 2.20. The summed E-state index contributed by atoms with van der Waals surface area (Å²) in [6.45, 7) is -0.218. The van der Waals surface area contributed by atoms with Gasteiger partial charge in [-0.2, -0.15) is 0 Å². The zero-order valence-corrected chi connectivity index (χ0v) is 25.0. The Labute approximate surface area is 259 Å². The van der Waals surface area contributed by atoms with E-state index < -0.39 is 53.3 Å². The molecule has 0 unspecified atom stereocenters. The highest BCUT2D eigenvalue weighted by Gasteiger charge is 2.22. The van der Waals surface area contributed by atoms with E-state index in [4.69, 9.17) is 25.4 Å². The lowest BCUT2D eigenvalue weighted by Gasteiger charge is -2.11. The van der Waals surface area contributed by atoms with Crippen LogP contribution < -0.4 is 15.2 Å². The van der Waals surface area contributed by atoms with E-state index in [1.165, 1.54) is 24.3 Å². The molecule has 0 bridgehead atoms. The first kappa shape index (κ1) is 43.4. The van der Waals surface area contributed by atoms with Crippen molar-refractivity contribution in [3.8, 4) is 11.5 Å². The molecule has 0 aliphatic rings. The van der Waals surface area contributed by atoms with Gasteiger partial charge in [0.15, 0.2) is 13.2 Å². The van der Waals surface area contributed by atoms with Crippen molar-refractivity contribution in [1.82, 2.24) is 0 Å². The van der Waals surface area contributed by atoms with Gasteiger partial charge >= 0.3 is 0 Å². The molecule has 0 saturated heterocycles. The zero-order valence-electron chi connectivity index (χ0n) is 25.0. The molecule has 3 aromatic rings. The Morgan fingerprint density at radius 3 is 1.20 bits per heavy atom. The lowest BCUT2D eigenvalue weighted by molar-refractivity contribution is -0.385. The highest BCUT2D eigenvalue weighted by molar-refractivity contribution is 5.41. The van der Waals surface area contributed by atoms with E-state index >= 15 is 0 Å². The molecule has 0 aliphatic carbocycles. The molecule has 11 nitrogen and oxygen atoms in total. The number of ether oxygens (including phenoxy) is 2. The number of nitrogen functional groups attached to an aromatic ring is 1. The number of aliphatic hydroxyl groups is 2. The Balaban J connectivity index is 0. The van der Waals surface area contributed by atoms with Gasteiger partial charge in [0.05, 0.1) is 9.85 Å². The zero-order chi connectivity index (χ0) is 36.1. The average Bonchev–Trinajstić information content (AvgIpc) is 2.97. The maximum Gasteiger partial charge on any atom is 0.278 e. The van der Waals surface area contributed by atoms with Crippen molar-refractivity contribution < 1.29 is 60.3 Å². The van der Waals surface area contributed by atoms with Crippen LogP contribution in [0.4, 0.5) is 47.8 Å². The van der Waals surface area contributed by atoms with Gasteiger partial charge in [0.1, 0.15) is 23.9 Å². The van der Waals surface area contributed by atoms with Crippen LogP contribution in [0, 0.1) is 26.0 Å². The second-order valence-electron chi connectivity index (χ2n) is 9.00. The van der Waals surface area contributed by atoms with E-state index in [9.17, 15) is 51.0 Å². The Bertz CT molecular complexity index is 1270. The van der Waals surface area contributed by atoms with Gasteiger partial charge < -0.3 is 25.4 Å². The fourth-order valence-corrected chi connectivity index (χ4v) is 2.21. The number of benzene rings is 3. The van der Waals surface area contributed by atoms with E-state index in [0.717, 1.165) is 45.2 Å². The van der Waals surface area contributed by atoms with Crippen molar-refractivity contribution in [2.24, 2.45) is 0 Å². The summed E-state index contributed by atoms with van der Waals surface area (Å²) in [5.41, 5.74) is 5.78. The van der Waals surface area contributed by atoms with Gasteiger partial charge in [-0.15, -0.1) is 0 Å². The molecule has 0 aromatic heterocycles. The molecular weight excluding hydrogens is 639 g/mol. The third-order valence-electron chi connectivity index (χ3n) is 4.23. The van der Waals surface area contributed by atoms with Gasteiger partial charge in [0.2, 0.25) is 0 Å². The molecule has 0 heterocycles. The second kappa shape index (κ2) is 21.1. The average molecular weight is 674 g/mol. The standard InChI is InChI=1S/C9H9F2NO3.C9H11F2NO.C6H4FNO2.C3H6F2O.CH4O/c1-9(10,11)6-15-8-4-2-7(3-5-8)12(13)14;1-9(10,11)6-13-8-4-2-7(12)3-5-8;7-5-1-3-6(4-2-5)8(9)10;1-3(4,5)2-6;1-2/h2-5H,6H2,1H3;2-5H,6,12H2,1H3;1-4H;6H,2H2,1H3;2H,1H3. The lowest BCUT2D eigenvalue weighted by Crippen LogP contribution is -2.20. The van der Waals surface area contributed by atoms with Crippen LogP contribution in [0.5, 0.6) is 11.5 Å². The first-order valence-corrected chi connectivity index (χ1v) is 12.6. The Kier molecular flexibility index (Phi) is 19.9. The quantitative estimate of drug-likeness (QED) is 0.0945. The molecule has 3 rings (SSSR count). The number of nitro benzene ring substituents is 2. The monoisotopic (exact) mass is 673 g/mol. The van der Waals surface area contributed by atoms with Crippen LogP contribution in [0.25, 0.3) is 0 Å². The van der Waals surface area contributed by atoms with Crippen LogP contribution >= 0.6 is 0 Å². The van der Waals surface area contributed by atoms with Gasteiger partial charge in [-0.25, -0.2) is 30.7 Å². The maximum atomic E-state index is 12.4. The third kappa shape index (κ3) is 24.7. The van der Waals surface area contributed by atoms with E-state index in [1.807, 2.05) is 0 Å². The number of nitro groups is 2. The summed E-state index contributed by atoms with van der Waals surface area (Å²) in [5.74, 6) is -8.51. The third-order valence-corrected chi connectivity index (χ3v) is 4.23. The van der Waals surface area contributed by atoms with E-state index in [0.29, 0.717) is 18.4 Å². The van der Waals surface area contributed by atoms with Crippen molar-refractivity contribution >= 4 is 17.1 Å².